The summed E-state index contributed by atoms with van der Waals surface area (Å²) in [6.45, 7) is 5.40. The van der Waals surface area contributed by atoms with Gasteiger partial charge in [-0.3, -0.25) is 13.9 Å². The zero-order valence-electron chi connectivity index (χ0n) is 13.0. The molecule has 0 saturated heterocycles. The molecule has 0 fully saturated rings. The Hall–Kier alpha value is -1.46. The van der Waals surface area contributed by atoms with E-state index in [9.17, 15) is 9.36 Å². The summed E-state index contributed by atoms with van der Waals surface area (Å²) in [6, 6.07) is 7.34. The van der Waals surface area contributed by atoms with E-state index in [1.165, 1.54) is 11.5 Å². The lowest BCUT2D eigenvalue weighted by molar-refractivity contribution is 0.0941. The normalized spacial score (nSPS) is 13.5. The molecule has 2 rings (SSSR count). The van der Waals surface area contributed by atoms with Crippen LogP contribution in [0.4, 0.5) is 0 Å². The standard InChI is InChI=1S/C15H21N2O4P/c1-4-20-22(19,21-5-2)15(16)13-10-17(11(3)18)14-9-7-6-8-12(13)14/h6-10,15H,4-5,16H2,1-3H3/t15-/m0/s1. The fraction of sp³-hybridized carbons (Fsp3) is 0.400. The van der Waals surface area contributed by atoms with Crippen LogP contribution in [0.3, 0.4) is 0 Å². The van der Waals surface area contributed by atoms with E-state index in [4.69, 9.17) is 14.8 Å². The number of carbonyl (C=O) groups excluding carboxylic acids is 1. The predicted octanol–water partition coefficient (Wildman–Crippen LogP) is 3.52. The van der Waals surface area contributed by atoms with Crippen LogP contribution in [0.25, 0.3) is 10.9 Å². The second kappa shape index (κ2) is 6.75. The van der Waals surface area contributed by atoms with Crippen molar-refractivity contribution >= 4 is 24.4 Å². The van der Waals surface area contributed by atoms with E-state index in [2.05, 4.69) is 0 Å². The van der Waals surface area contributed by atoms with Crippen LogP contribution in [0.5, 0.6) is 0 Å². The fourth-order valence-corrected chi connectivity index (χ4v) is 4.09. The molecule has 7 heteroatoms. The lowest BCUT2D eigenvalue weighted by Crippen LogP contribution is -2.15. The predicted molar refractivity (Wildman–Crippen MR) is 86.0 cm³/mol. The molecular formula is C15H21N2O4P. The van der Waals surface area contributed by atoms with Gasteiger partial charge in [0.15, 0.2) is 0 Å². The SMILES string of the molecule is CCOP(=O)(OCC)[C@H](N)c1cn(C(C)=O)c2ccccc12. The maximum Gasteiger partial charge on any atom is 0.351 e. The van der Waals surface area contributed by atoms with Crippen LogP contribution in [0.1, 0.15) is 36.9 Å². The highest BCUT2D eigenvalue weighted by Gasteiger charge is 2.36. The van der Waals surface area contributed by atoms with Crippen molar-refractivity contribution in [1.29, 1.82) is 0 Å². The van der Waals surface area contributed by atoms with Gasteiger partial charge >= 0.3 is 7.60 Å². The van der Waals surface area contributed by atoms with Crippen LogP contribution in [0.15, 0.2) is 30.5 Å². The lowest BCUT2D eigenvalue weighted by atomic mass is 10.2. The first-order valence-corrected chi connectivity index (χ1v) is 8.81. The number of fused-ring (bicyclic) bond motifs is 1. The van der Waals surface area contributed by atoms with Crippen LogP contribution in [-0.2, 0) is 13.6 Å². The van der Waals surface area contributed by atoms with Crippen molar-refractivity contribution in [3.05, 3.63) is 36.0 Å². The monoisotopic (exact) mass is 324 g/mol. The van der Waals surface area contributed by atoms with Crippen LogP contribution in [-0.4, -0.2) is 23.7 Å². The first-order valence-electron chi connectivity index (χ1n) is 7.20. The van der Waals surface area contributed by atoms with E-state index in [0.717, 1.165) is 10.9 Å². The van der Waals surface area contributed by atoms with E-state index in [1.54, 1.807) is 20.0 Å². The molecule has 0 radical (unpaired) electrons. The number of aromatic nitrogens is 1. The minimum atomic E-state index is -3.50. The zero-order chi connectivity index (χ0) is 16.3. The molecule has 120 valence electrons. The fourth-order valence-electron chi connectivity index (χ4n) is 2.43. The molecule has 0 aliphatic heterocycles. The maximum atomic E-state index is 12.9. The first-order chi connectivity index (χ1) is 10.4. The van der Waals surface area contributed by atoms with Crippen molar-refractivity contribution in [2.75, 3.05) is 13.2 Å². The van der Waals surface area contributed by atoms with Gasteiger partial charge in [0.2, 0.25) is 5.91 Å². The molecular weight excluding hydrogens is 303 g/mol. The summed E-state index contributed by atoms with van der Waals surface area (Å²) in [5.74, 6) is -1.09. The Balaban J connectivity index is 2.58. The highest BCUT2D eigenvalue weighted by atomic mass is 31.2. The summed E-state index contributed by atoms with van der Waals surface area (Å²) >= 11 is 0. The quantitative estimate of drug-likeness (QED) is 0.822. The molecule has 0 aliphatic rings. The third-order valence-electron chi connectivity index (χ3n) is 3.36. The molecule has 1 aromatic carbocycles. The summed E-state index contributed by atoms with van der Waals surface area (Å²) in [4.78, 5) is 11.8. The molecule has 6 nitrogen and oxygen atoms in total. The molecule has 22 heavy (non-hydrogen) atoms. The van der Waals surface area contributed by atoms with Crippen molar-refractivity contribution in [3.8, 4) is 0 Å². The highest BCUT2D eigenvalue weighted by molar-refractivity contribution is 7.54. The molecule has 1 heterocycles. The number of carbonyl (C=O) groups is 1. The Kier molecular flexibility index (Phi) is 5.19. The van der Waals surface area contributed by atoms with Gasteiger partial charge in [0.1, 0.15) is 5.78 Å². The zero-order valence-corrected chi connectivity index (χ0v) is 13.9. The average molecular weight is 324 g/mol. The number of rotatable bonds is 6. The van der Waals surface area contributed by atoms with Gasteiger partial charge in [-0.25, -0.2) is 0 Å². The van der Waals surface area contributed by atoms with E-state index < -0.39 is 13.4 Å². The molecule has 0 saturated carbocycles. The van der Waals surface area contributed by atoms with Crippen molar-refractivity contribution < 1.29 is 18.4 Å². The molecule has 0 amide bonds. The number of hydrogen-bond donors (Lipinski definition) is 1. The molecule has 1 atom stereocenters. The van der Waals surface area contributed by atoms with Crippen LogP contribution in [0.2, 0.25) is 0 Å². The summed E-state index contributed by atoms with van der Waals surface area (Å²) in [5, 5.41) is 0.768. The minimum Gasteiger partial charge on any atom is -0.314 e. The van der Waals surface area contributed by atoms with Crippen LogP contribution < -0.4 is 5.73 Å². The minimum absolute atomic E-state index is 0.141. The molecule has 0 spiro atoms. The smallest absolute Gasteiger partial charge is 0.314 e. The maximum absolute atomic E-state index is 12.9. The number of hydrogen-bond acceptors (Lipinski definition) is 5. The number of benzene rings is 1. The van der Waals surface area contributed by atoms with Crippen LogP contribution in [0, 0.1) is 0 Å². The summed E-state index contributed by atoms with van der Waals surface area (Å²) in [6.07, 6.45) is 1.61. The summed E-state index contributed by atoms with van der Waals surface area (Å²) in [7, 11) is -3.50. The van der Waals surface area contributed by atoms with Gasteiger partial charge in [-0.15, -0.1) is 0 Å². The van der Waals surface area contributed by atoms with E-state index in [0.29, 0.717) is 5.56 Å². The van der Waals surface area contributed by atoms with Gasteiger partial charge in [-0.2, -0.15) is 0 Å². The van der Waals surface area contributed by atoms with E-state index >= 15 is 0 Å². The van der Waals surface area contributed by atoms with E-state index in [-0.39, 0.29) is 19.1 Å². The van der Waals surface area contributed by atoms with Gasteiger partial charge in [-0.05, 0) is 19.9 Å². The number of nitrogens with two attached hydrogens (primary N) is 1. The second-order valence-electron chi connectivity index (χ2n) is 4.81. The Morgan fingerprint density at radius 3 is 2.41 bits per heavy atom. The van der Waals surface area contributed by atoms with E-state index in [1.807, 2.05) is 24.3 Å². The molecule has 1 aromatic heterocycles. The molecule has 2 aromatic rings. The molecule has 0 aliphatic carbocycles. The van der Waals surface area contributed by atoms with Gasteiger partial charge in [0, 0.05) is 24.1 Å². The topological polar surface area (TPSA) is 83.5 Å². The third kappa shape index (κ3) is 3.01. The first kappa shape index (κ1) is 16.9. The second-order valence-corrected chi connectivity index (χ2v) is 6.96. The van der Waals surface area contributed by atoms with Crippen LogP contribution >= 0.6 is 7.60 Å². The molecule has 0 unspecified atom stereocenters. The van der Waals surface area contributed by atoms with Gasteiger partial charge in [0.25, 0.3) is 0 Å². The Morgan fingerprint density at radius 1 is 1.27 bits per heavy atom. The Bertz CT molecular complexity index is 715. The van der Waals surface area contributed by atoms with Gasteiger partial charge in [-0.1, -0.05) is 18.2 Å². The number of para-hydroxylation sites is 1. The number of nitrogens with zero attached hydrogens (tertiary/aromatic N) is 1. The lowest BCUT2D eigenvalue weighted by Gasteiger charge is -2.22. The molecule has 0 bridgehead atoms. The summed E-state index contributed by atoms with van der Waals surface area (Å²) in [5.41, 5.74) is 7.49. The molecule has 2 N–H and O–H groups in total. The van der Waals surface area contributed by atoms with Crippen molar-refractivity contribution in [2.24, 2.45) is 5.73 Å². The van der Waals surface area contributed by atoms with Crippen molar-refractivity contribution in [2.45, 2.75) is 26.6 Å². The van der Waals surface area contributed by atoms with Crippen molar-refractivity contribution in [3.63, 3.8) is 0 Å². The largest absolute Gasteiger partial charge is 0.351 e. The third-order valence-corrected chi connectivity index (χ3v) is 5.56. The van der Waals surface area contributed by atoms with Crippen molar-refractivity contribution in [1.82, 2.24) is 4.57 Å². The Morgan fingerprint density at radius 2 is 1.86 bits per heavy atom. The Labute approximate surface area is 129 Å². The van der Waals surface area contributed by atoms with Gasteiger partial charge in [0.05, 0.1) is 18.7 Å². The van der Waals surface area contributed by atoms with Gasteiger partial charge < -0.3 is 14.8 Å². The summed E-state index contributed by atoms with van der Waals surface area (Å²) < 4.78 is 25.0. The highest BCUT2D eigenvalue weighted by Crippen LogP contribution is 2.59. The average Bonchev–Trinajstić information content (AvgIpc) is 2.86.